The maximum absolute atomic E-state index is 12.8. The summed E-state index contributed by atoms with van der Waals surface area (Å²) in [5.74, 6) is 0.239. The summed E-state index contributed by atoms with van der Waals surface area (Å²) >= 11 is 1.05. The van der Waals surface area contributed by atoms with Crippen molar-refractivity contribution in [2.45, 2.75) is 6.18 Å². The second-order valence-corrected chi connectivity index (χ2v) is 6.30. The third-order valence-corrected chi connectivity index (χ3v) is 4.39. The number of ether oxygens (including phenoxy) is 1. The van der Waals surface area contributed by atoms with E-state index in [0.29, 0.717) is 16.2 Å². The van der Waals surface area contributed by atoms with Gasteiger partial charge in [0.25, 0.3) is 5.91 Å². The van der Waals surface area contributed by atoms with Gasteiger partial charge in [0, 0.05) is 5.56 Å². The third-order valence-electron chi connectivity index (χ3n) is 3.48. The number of carbonyl (C=O) groups excluding carboxylic acids is 1. The largest absolute Gasteiger partial charge is 0.496 e. The average Bonchev–Trinajstić information content (AvgIpc) is 2.94. The van der Waals surface area contributed by atoms with Crippen LogP contribution in [-0.4, -0.2) is 18.2 Å². The highest BCUT2D eigenvalue weighted by molar-refractivity contribution is 8.18. The van der Waals surface area contributed by atoms with Crippen LogP contribution in [0.25, 0.3) is 6.08 Å². The number of carbonyl (C=O) groups is 1. The molecule has 1 heterocycles. The van der Waals surface area contributed by atoms with Crippen LogP contribution in [0.5, 0.6) is 5.75 Å². The van der Waals surface area contributed by atoms with Gasteiger partial charge in [0.2, 0.25) is 0 Å². The molecule has 3 rings (SSSR count). The zero-order valence-corrected chi connectivity index (χ0v) is 14.3. The van der Waals surface area contributed by atoms with E-state index in [-0.39, 0.29) is 16.8 Å². The molecule has 0 saturated carbocycles. The molecule has 0 unspecified atom stereocenters. The van der Waals surface area contributed by atoms with Crippen LogP contribution in [0.15, 0.2) is 58.4 Å². The van der Waals surface area contributed by atoms with Crippen LogP contribution in [0, 0.1) is 0 Å². The highest BCUT2D eigenvalue weighted by Crippen LogP contribution is 2.33. The quantitative estimate of drug-likeness (QED) is 0.794. The lowest BCUT2D eigenvalue weighted by Gasteiger charge is -2.06. The van der Waals surface area contributed by atoms with Gasteiger partial charge in [-0.2, -0.15) is 13.2 Å². The Balaban J connectivity index is 1.86. The fourth-order valence-corrected chi connectivity index (χ4v) is 3.11. The van der Waals surface area contributed by atoms with Gasteiger partial charge in [-0.25, -0.2) is 4.99 Å². The summed E-state index contributed by atoms with van der Waals surface area (Å²) in [6.45, 7) is 0. The minimum Gasteiger partial charge on any atom is -0.496 e. The van der Waals surface area contributed by atoms with E-state index >= 15 is 0 Å². The molecule has 1 fully saturated rings. The average molecular weight is 378 g/mol. The van der Waals surface area contributed by atoms with Crippen LogP contribution in [0.4, 0.5) is 18.9 Å². The highest BCUT2D eigenvalue weighted by atomic mass is 32.2. The number of halogens is 3. The van der Waals surface area contributed by atoms with Crippen LogP contribution in [0.1, 0.15) is 11.1 Å². The van der Waals surface area contributed by atoms with Crippen molar-refractivity contribution < 1.29 is 22.7 Å². The number of amides is 1. The second kappa shape index (κ2) is 7.25. The molecule has 2 aromatic carbocycles. The molecule has 4 nitrogen and oxygen atoms in total. The van der Waals surface area contributed by atoms with E-state index in [2.05, 4.69) is 10.3 Å². The van der Waals surface area contributed by atoms with E-state index in [4.69, 9.17) is 4.74 Å². The summed E-state index contributed by atoms with van der Waals surface area (Å²) in [7, 11) is 1.53. The SMILES string of the molecule is COc1ccccc1/C=C1/SC(=Nc2cccc(C(F)(F)F)c2)NC1=O. The van der Waals surface area contributed by atoms with E-state index in [1.807, 2.05) is 12.1 Å². The molecule has 1 aliphatic heterocycles. The normalized spacial score (nSPS) is 17.6. The Labute approximate surface area is 151 Å². The second-order valence-electron chi connectivity index (χ2n) is 5.27. The summed E-state index contributed by atoms with van der Waals surface area (Å²) in [4.78, 5) is 16.6. The van der Waals surface area contributed by atoms with Crippen molar-refractivity contribution in [1.29, 1.82) is 0 Å². The number of methoxy groups -OCH3 is 1. The Hall–Kier alpha value is -2.74. The highest BCUT2D eigenvalue weighted by Gasteiger charge is 2.30. The first-order valence-electron chi connectivity index (χ1n) is 7.46. The molecule has 1 N–H and O–H groups in total. The van der Waals surface area contributed by atoms with Crippen molar-refractivity contribution in [3.05, 3.63) is 64.6 Å². The number of alkyl halides is 3. The molecule has 0 atom stereocenters. The van der Waals surface area contributed by atoms with E-state index in [9.17, 15) is 18.0 Å². The minimum atomic E-state index is -4.45. The first-order chi connectivity index (χ1) is 12.4. The maximum atomic E-state index is 12.8. The van der Waals surface area contributed by atoms with Crippen LogP contribution in [0.3, 0.4) is 0 Å². The minimum absolute atomic E-state index is 0.112. The molecule has 1 aliphatic rings. The van der Waals surface area contributed by atoms with Gasteiger partial charge >= 0.3 is 6.18 Å². The van der Waals surface area contributed by atoms with Crippen molar-refractivity contribution in [3.63, 3.8) is 0 Å². The van der Waals surface area contributed by atoms with Crippen LogP contribution < -0.4 is 10.1 Å². The van der Waals surface area contributed by atoms with Crippen molar-refractivity contribution in [1.82, 2.24) is 5.32 Å². The fourth-order valence-electron chi connectivity index (χ4n) is 2.28. The molecular weight excluding hydrogens is 365 g/mol. The van der Waals surface area contributed by atoms with E-state index < -0.39 is 11.7 Å². The summed E-state index contributed by atoms with van der Waals surface area (Å²) in [6, 6.07) is 11.8. The first kappa shape index (κ1) is 18.1. The van der Waals surface area contributed by atoms with Crippen molar-refractivity contribution in [2.24, 2.45) is 4.99 Å². The van der Waals surface area contributed by atoms with Crippen LogP contribution >= 0.6 is 11.8 Å². The lowest BCUT2D eigenvalue weighted by Crippen LogP contribution is -2.19. The predicted octanol–water partition coefficient (Wildman–Crippen LogP) is 4.61. The van der Waals surface area contributed by atoms with Gasteiger partial charge in [-0.1, -0.05) is 24.3 Å². The van der Waals surface area contributed by atoms with Crippen molar-refractivity contribution in [2.75, 3.05) is 7.11 Å². The lowest BCUT2D eigenvalue weighted by molar-refractivity contribution is -0.137. The molecule has 0 radical (unpaired) electrons. The first-order valence-corrected chi connectivity index (χ1v) is 8.28. The lowest BCUT2D eigenvalue weighted by atomic mass is 10.2. The molecule has 0 aliphatic carbocycles. The number of hydrogen-bond donors (Lipinski definition) is 1. The van der Waals surface area contributed by atoms with Gasteiger partial charge in [0.1, 0.15) is 5.75 Å². The summed E-state index contributed by atoms with van der Waals surface area (Å²) in [5, 5.41) is 2.77. The van der Waals surface area contributed by atoms with Crippen LogP contribution in [-0.2, 0) is 11.0 Å². The number of nitrogens with one attached hydrogen (secondary N) is 1. The number of benzene rings is 2. The zero-order chi connectivity index (χ0) is 18.7. The van der Waals surface area contributed by atoms with Gasteiger partial charge in [-0.05, 0) is 42.1 Å². The molecular formula is C18H13F3N2O2S. The Kier molecular flexibility index (Phi) is 5.03. The molecule has 134 valence electrons. The third kappa shape index (κ3) is 4.08. The number of nitrogens with zero attached hydrogens (tertiary/aromatic N) is 1. The van der Waals surface area contributed by atoms with E-state index in [0.717, 1.165) is 23.9 Å². The number of thioether (sulfide) groups is 1. The summed E-state index contributed by atoms with van der Waals surface area (Å²) in [5.41, 5.74) is 0.0348. The van der Waals surface area contributed by atoms with Gasteiger partial charge in [-0.3, -0.25) is 4.79 Å². The molecule has 0 spiro atoms. The van der Waals surface area contributed by atoms with Gasteiger partial charge < -0.3 is 10.1 Å². The van der Waals surface area contributed by atoms with Crippen molar-refractivity contribution >= 4 is 34.6 Å². The summed E-state index contributed by atoms with van der Waals surface area (Å²) in [6.07, 6.45) is -2.80. The number of amidine groups is 1. The molecule has 0 bridgehead atoms. The van der Waals surface area contributed by atoms with Gasteiger partial charge in [0.15, 0.2) is 5.17 Å². The predicted molar refractivity (Wildman–Crippen MR) is 95.2 cm³/mol. The molecule has 0 aromatic heterocycles. The standard InChI is InChI=1S/C18H13F3N2O2S/c1-25-14-8-3-2-5-11(14)9-15-16(24)23-17(26-15)22-13-7-4-6-12(10-13)18(19,20)21/h2-10H,1H3,(H,22,23,24)/b15-9+. The van der Waals surface area contributed by atoms with Crippen molar-refractivity contribution in [3.8, 4) is 5.75 Å². The number of para-hydroxylation sites is 1. The Morgan fingerprint density at radius 1 is 1.15 bits per heavy atom. The summed E-state index contributed by atoms with van der Waals surface area (Å²) < 4.78 is 43.6. The maximum Gasteiger partial charge on any atom is 0.416 e. The molecule has 8 heteroatoms. The van der Waals surface area contributed by atoms with Gasteiger partial charge in [-0.15, -0.1) is 0 Å². The number of hydrogen-bond acceptors (Lipinski definition) is 4. The topological polar surface area (TPSA) is 50.7 Å². The van der Waals surface area contributed by atoms with E-state index in [1.165, 1.54) is 19.2 Å². The Morgan fingerprint density at radius 3 is 2.65 bits per heavy atom. The number of rotatable bonds is 3. The van der Waals surface area contributed by atoms with Gasteiger partial charge in [0.05, 0.1) is 23.3 Å². The molecule has 26 heavy (non-hydrogen) atoms. The van der Waals surface area contributed by atoms with E-state index in [1.54, 1.807) is 18.2 Å². The molecule has 2 aromatic rings. The smallest absolute Gasteiger partial charge is 0.416 e. The fraction of sp³-hybridized carbons (Fsp3) is 0.111. The van der Waals surface area contributed by atoms with Crippen LogP contribution in [0.2, 0.25) is 0 Å². The zero-order valence-electron chi connectivity index (χ0n) is 13.5. The molecule has 1 saturated heterocycles. The monoisotopic (exact) mass is 378 g/mol. The number of aliphatic imine (C=N–C) groups is 1. The molecule has 1 amide bonds. The Morgan fingerprint density at radius 2 is 1.92 bits per heavy atom. The Bertz CT molecular complexity index is 907.